The number of rotatable bonds is 6. The molecule has 2 heterocycles. The van der Waals surface area contributed by atoms with Crippen LogP contribution in [-0.2, 0) is 4.79 Å². The van der Waals surface area contributed by atoms with E-state index in [9.17, 15) is 9.59 Å². The Morgan fingerprint density at radius 2 is 1.90 bits per heavy atom. The van der Waals surface area contributed by atoms with E-state index < -0.39 is 11.7 Å². The first kappa shape index (κ1) is 20.4. The molecule has 1 amide bonds. The number of quaternary nitrogens is 1. The number of likely N-dealkylation sites (tertiary alicyclic amines) is 1. The smallest absolute Gasteiger partial charge is 0.303 e. The highest BCUT2D eigenvalue weighted by Gasteiger charge is 2.41. The zero-order valence-corrected chi connectivity index (χ0v) is 18.0. The molecule has 2 atom stereocenters. The van der Waals surface area contributed by atoms with Crippen molar-refractivity contribution in [2.75, 3.05) is 32.3 Å². The Hall–Kier alpha value is -2.86. The van der Waals surface area contributed by atoms with Gasteiger partial charge in [-0.05, 0) is 41.8 Å². The molecule has 1 N–H and O–H groups in total. The van der Waals surface area contributed by atoms with Gasteiger partial charge >= 0.3 is 5.91 Å². The van der Waals surface area contributed by atoms with Crippen molar-refractivity contribution in [3.63, 3.8) is 0 Å². The van der Waals surface area contributed by atoms with Gasteiger partial charge in [-0.2, -0.15) is 0 Å². The van der Waals surface area contributed by atoms with E-state index in [0.29, 0.717) is 18.2 Å². The van der Waals surface area contributed by atoms with Gasteiger partial charge in [0.15, 0.2) is 6.67 Å². The van der Waals surface area contributed by atoms with Crippen LogP contribution in [0.25, 0.3) is 0 Å². The third kappa shape index (κ3) is 3.45. The van der Waals surface area contributed by atoms with Gasteiger partial charge in [-0.25, -0.2) is 0 Å². The average molecular weight is 410 g/mol. The van der Waals surface area contributed by atoms with E-state index in [1.54, 1.807) is 19.1 Å². The maximum Gasteiger partial charge on any atom is 0.303 e. The van der Waals surface area contributed by atoms with E-state index in [1.165, 1.54) is 4.90 Å². The van der Waals surface area contributed by atoms with Crippen molar-refractivity contribution in [1.29, 1.82) is 0 Å². The lowest BCUT2D eigenvalue weighted by atomic mass is 9.99. The van der Waals surface area contributed by atoms with Gasteiger partial charge in [0.2, 0.25) is 0 Å². The van der Waals surface area contributed by atoms with E-state index in [0.717, 1.165) is 47.7 Å². The summed E-state index contributed by atoms with van der Waals surface area (Å²) in [6, 6.07) is 11.8. The van der Waals surface area contributed by atoms with Gasteiger partial charge in [-0.15, -0.1) is 0 Å². The SMILES string of the molecule is COc1ccc(OC)c([C@@H]2CCC[NH+]2CN2C(=O)C(=O)c3cc(C(C)C)ccc32)c1. The minimum atomic E-state index is -0.429. The summed E-state index contributed by atoms with van der Waals surface area (Å²) in [6.45, 7) is 5.56. The average Bonchev–Trinajstić information content (AvgIpc) is 3.31. The van der Waals surface area contributed by atoms with Gasteiger partial charge in [-0.3, -0.25) is 14.5 Å². The van der Waals surface area contributed by atoms with Crippen LogP contribution in [-0.4, -0.2) is 39.1 Å². The highest BCUT2D eigenvalue weighted by molar-refractivity contribution is 6.52. The number of anilines is 1. The Morgan fingerprint density at radius 3 is 2.60 bits per heavy atom. The van der Waals surface area contributed by atoms with Crippen molar-refractivity contribution in [1.82, 2.24) is 0 Å². The van der Waals surface area contributed by atoms with Crippen LogP contribution in [0, 0.1) is 0 Å². The zero-order valence-electron chi connectivity index (χ0n) is 18.0. The third-order valence-corrected chi connectivity index (χ3v) is 6.32. The fraction of sp³-hybridized carbons (Fsp3) is 0.417. The number of Topliss-reactive ketones (excluding diaryl/α,β-unsaturated/α-hetero) is 1. The molecule has 0 aromatic heterocycles. The number of nitrogens with zero attached hydrogens (tertiary/aromatic N) is 1. The molecule has 158 valence electrons. The number of ether oxygens (including phenoxy) is 2. The Kier molecular flexibility index (Phi) is 5.52. The molecule has 0 saturated carbocycles. The van der Waals surface area contributed by atoms with Gasteiger partial charge in [0.1, 0.15) is 17.5 Å². The number of benzene rings is 2. The Labute approximate surface area is 177 Å². The monoisotopic (exact) mass is 409 g/mol. The lowest BCUT2D eigenvalue weighted by Gasteiger charge is -2.27. The normalized spacial score (nSPS) is 20.8. The zero-order chi connectivity index (χ0) is 21.4. The second-order valence-corrected chi connectivity index (χ2v) is 8.36. The molecule has 30 heavy (non-hydrogen) atoms. The van der Waals surface area contributed by atoms with Crippen LogP contribution < -0.4 is 19.3 Å². The van der Waals surface area contributed by atoms with E-state index in [-0.39, 0.29) is 6.04 Å². The first-order valence-electron chi connectivity index (χ1n) is 10.5. The summed E-state index contributed by atoms with van der Waals surface area (Å²) in [7, 11) is 3.33. The molecule has 6 nitrogen and oxygen atoms in total. The molecule has 2 aromatic rings. The molecule has 1 unspecified atom stereocenters. The van der Waals surface area contributed by atoms with Gasteiger partial charge < -0.3 is 14.4 Å². The molecule has 0 bridgehead atoms. The van der Waals surface area contributed by atoms with Gasteiger partial charge in [0, 0.05) is 12.8 Å². The quantitative estimate of drug-likeness (QED) is 0.746. The number of nitrogens with one attached hydrogen (secondary N) is 1. The lowest BCUT2D eigenvalue weighted by molar-refractivity contribution is -0.917. The van der Waals surface area contributed by atoms with E-state index in [1.807, 2.05) is 36.4 Å². The molecule has 1 saturated heterocycles. The summed E-state index contributed by atoms with van der Waals surface area (Å²) in [6.07, 6.45) is 2.05. The van der Waals surface area contributed by atoms with Crippen LogP contribution in [0.15, 0.2) is 36.4 Å². The molecular formula is C24H29N2O4+. The number of hydrogen-bond acceptors (Lipinski definition) is 4. The predicted octanol–water partition coefficient (Wildman–Crippen LogP) is 2.73. The Bertz CT molecular complexity index is 985. The number of fused-ring (bicyclic) bond motifs is 1. The summed E-state index contributed by atoms with van der Waals surface area (Å²) in [5, 5.41) is 0. The lowest BCUT2D eigenvalue weighted by Crippen LogP contribution is -3.12. The molecule has 0 aliphatic carbocycles. The molecule has 6 heteroatoms. The van der Waals surface area contributed by atoms with Crippen molar-refractivity contribution in [3.05, 3.63) is 53.1 Å². The van der Waals surface area contributed by atoms with E-state index >= 15 is 0 Å². The van der Waals surface area contributed by atoms with Crippen LogP contribution >= 0.6 is 0 Å². The van der Waals surface area contributed by atoms with Crippen LogP contribution in [0.4, 0.5) is 5.69 Å². The van der Waals surface area contributed by atoms with E-state index in [2.05, 4.69) is 13.8 Å². The molecule has 2 aliphatic rings. The van der Waals surface area contributed by atoms with Crippen molar-refractivity contribution in [3.8, 4) is 11.5 Å². The first-order chi connectivity index (χ1) is 14.4. The number of carbonyl (C=O) groups is 2. The number of hydrogen-bond donors (Lipinski definition) is 1. The second kappa shape index (κ2) is 8.11. The predicted molar refractivity (Wildman–Crippen MR) is 115 cm³/mol. The molecule has 2 aliphatic heterocycles. The van der Waals surface area contributed by atoms with E-state index in [4.69, 9.17) is 9.47 Å². The fourth-order valence-electron chi connectivity index (χ4n) is 4.63. The van der Waals surface area contributed by atoms with Gasteiger partial charge in [-0.1, -0.05) is 19.9 Å². The minimum Gasteiger partial charge on any atom is -0.497 e. The third-order valence-electron chi connectivity index (χ3n) is 6.32. The van der Waals surface area contributed by atoms with Crippen molar-refractivity contribution in [2.24, 2.45) is 0 Å². The summed E-state index contributed by atoms with van der Waals surface area (Å²) in [5.74, 6) is 1.09. The summed E-state index contributed by atoms with van der Waals surface area (Å²) in [4.78, 5) is 28.4. The number of ketones is 1. The molecular weight excluding hydrogens is 380 g/mol. The molecule has 2 aromatic carbocycles. The molecule has 0 spiro atoms. The summed E-state index contributed by atoms with van der Waals surface area (Å²) >= 11 is 0. The van der Waals surface area contributed by atoms with Crippen LogP contribution in [0.5, 0.6) is 11.5 Å². The second-order valence-electron chi connectivity index (χ2n) is 8.36. The summed E-state index contributed by atoms with van der Waals surface area (Å²) < 4.78 is 11.0. The molecule has 0 radical (unpaired) electrons. The molecule has 1 fully saturated rings. The first-order valence-corrected chi connectivity index (χ1v) is 10.5. The van der Waals surface area contributed by atoms with Crippen LogP contribution in [0.1, 0.15) is 60.1 Å². The number of carbonyl (C=O) groups excluding carboxylic acids is 2. The van der Waals surface area contributed by atoms with Crippen molar-refractivity contribution in [2.45, 2.75) is 38.6 Å². The summed E-state index contributed by atoms with van der Waals surface area (Å²) in [5.41, 5.74) is 3.41. The maximum atomic E-state index is 12.8. The van der Waals surface area contributed by atoms with Crippen molar-refractivity contribution >= 4 is 17.4 Å². The largest absolute Gasteiger partial charge is 0.497 e. The minimum absolute atomic E-state index is 0.178. The molecule has 4 rings (SSSR count). The van der Waals surface area contributed by atoms with Gasteiger partial charge in [0.05, 0.1) is 37.6 Å². The highest BCUT2D eigenvalue weighted by atomic mass is 16.5. The topological polar surface area (TPSA) is 60.3 Å². The van der Waals surface area contributed by atoms with Crippen LogP contribution in [0.2, 0.25) is 0 Å². The standard InChI is InChI=1S/C24H28N2O4/c1-15(2)16-7-9-21-19(12-16)23(27)24(28)26(21)14-25-11-5-6-20(25)18-13-17(29-3)8-10-22(18)30-4/h7-10,12-13,15,20H,5-6,11,14H2,1-4H3/p+1/t20-/m0/s1. The highest BCUT2D eigenvalue weighted by Crippen LogP contribution is 2.34. The van der Waals surface area contributed by atoms with Crippen molar-refractivity contribution < 1.29 is 24.0 Å². The van der Waals surface area contributed by atoms with Crippen LogP contribution in [0.3, 0.4) is 0 Å². The Morgan fingerprint density at radius 1 is 1.10 bits per heavy atom. The van der Waals surface area contributed by atoms with Gasteiger partial charge in [0.25, 0.3) is 5.78 Å². The number of methoxy groups -OCH3 is 2. The maximum absolute atomic E-state index is 12.8. The fourth-order valence-corrected chi connectivity index (χ4v) is 4.63. The number of amides is 1. The Balaban J connectivity index is 1.64.